The van der Waals surface area contributed by atoms with Crippen LogP contribution >= 0.6 is 22.9 Å². The number of likely N-dealkylation sites (tertiary alicyclic amines) is 1. The highest BCUT2D eigenvalue weighted by Gasteiger charge is 2.46. The van der Waals surface area contributed by atoms with Gasteiger partial charge >= 0.3 is 0 Å². The minimum absolute atomic E-state index is 0.0850. The molecule has 1 aliphatic heterocycles. The molecule has 0 saturated carbocycles. The molecule has 1 N–H and O–H groups in total. The first-order valence-corrected chi connectivity index (χ1v) is 11.5. The standard InChI is InChI=1S/C22H21ClF3N5OS/c1-12-7-22(25,26)11-31(17(12)10-29-21-27-8-15(23)9-28-21)20(32)18-19(33-13(2)30-18)14-3-5-16(24)6-4-14/h3-6,8-9,12,17H,7,10-11H2,1-2H3,(H,27,28,29). The number of carbonyl (C=O) groups is 1. The van der Waals surface area contributed by atoms with Crippen LogP contribution in [-0.2, 0) is 0 Å². The Labute approximate surface area is 197 Å². The number of nitrogens with zero attached hydrogens (tertiary/aromatic N) is 4. The van der Waals surface area contributed by atoms with Crippen LogP contribution in [0.25, 0.3) is 10.4 Å². The van der Waals surface area contributed by atoms with E-state index in [2.05, 4.69) is 20.3 Å². The van der Waals surface area contributed by atoms with Gasteiger partial charge in [-0.15, -0.1) is 11.3 Å². The van der Waals surface area contributed by atoms with Crippen molar-refractivity contribution in [2.45, 2.75) is 32.2 Å². The Hall–Kier alpha value is -2.72. The zero-order valence-corrected chi connectivity index (χ0v) is 19.4. The minimum atomic E-state index is -3.02. The van der Waals surface area contributed by atoms with Gasteiger partial charge in [0.1, 0.15) is 11.5 Å². The molecular formula is C22H21ClF3N5OS. The van der Waals surface area contributed by atoms with Gasteiger partial charge in [0, 0.05) is 13.0 Å². The van der Waals surface area contributed by atoms with Crippen molar-refractivity contribution in [3.63, 3.8) is 0 Å². The lowest BCUT2D eigenvalue weighted by atomic mass is 9.88. The van der Waals surface area contributed by atoms with Crippen molar-refractivity contribution < 1.29 is 18.0 Å². The summed E-state index contributed by atoms with van der Waals surface area (Å²) in [5.41, 5.74) is 0.688. The van der Waals surface area contributed by atoms with Crippen molar-refractivity contribution in [1.82, 2.24) is 19.9 Å². The van der Waals surface area contributed by atoms with E-state index in [4.69, 9.17) is 11.6 Å². The molecule has 2 aromatic heterocycles. The number of halogens is 4. The Morgan fingerprint density at radius 2 is 1.94 bits per heavy atom. The molecule has 174 valence electrons. The lowest BCUT2D eigenvalue weighted by molar-refractivity contribution is -0.0898. The first-order valence-electron chi connectivity index (χ1n) is 10.3. The lowest BCUT2D eigenvalue weighted by Crippen LogP contribution is -2.57. The van der Waals surface area contributed by atoms with Gasteiger partial charge in [-0.2, -0.15) is 0 Å². The highest BCUT2D eigenvalue weighted by Crippen LogP contribution is 2.37. The normalized spacial score (nSPS) is 20.0. The Morgan fingerprint density at radius 3 is 2.61 bits per heavy atom. The topological polar surface area (TPSA) is 71.0 Å². The zero-order valence-electron chi connectivity index (χ0n) is 17.9. The predicted octanol–water partition coefficient (Wildman–Crippen LogP) is 5.30. The van der Waals surface area contributed by atoms with E-state index in [-0.39, 0.29) is 24.6 Å². The van der Waals surface area contributed by atoms with Crippen LogP contribution in [0.2, 0.25) is 5.02 Å². The van der Waals surface area contributed by atoms with Crippen LogP contribution in [0.15, 0.2) is 36.7 Å². The van der Waals surface area contributed by atoms with Gasteiger partial charge in [0.15, 0.2) is 0 Å². The smallest absolute Gasteiger partial charge is 0.274 e. The molecule has 11 heteroatoms. The predicted molar refractivity (Wildman–Crippen MR) is 121 cm³/mol. The summed E-state index contributed by atoms with van der Waals surface area (Å²) in [4.78, 5) is 27.7. The largest absolute Gasteiger partial charge is 0.352 e. The maximum absolute atomic E-state index is 14.5. The van der Waals surface area contributed by atoms with E-state index in [1.807, 2.05) is 0 Å². The molecule has 1 fully saturated rings. The Balaban J connectivity index is 1.64. The van der Waals surface area contributed by atoms with Gasteiger partial charge in [-0.3, -0.25) is 4.79 Å². The van der Waals surface area contributed by atoms with Crippen LogP contribution < -0.4 is 5.32 Å². The van der Waals surface area contributed by atoms with Crippen LogP contribution in [0.3, 0.4) is 0 Å². The van der Waals surface area contributed by atoms with Crippen LogP contribution in [0.5, 0.6) is 0 Å². The number of hydrogen-bond donors (Lipinski definition) is 1. The number of hydrogen-bond acceptors (Lipinski definition) is 6. The van der Waals surface area contributed by atoms with Crippen molar-refractivity contribution in [1.29, 1.82) is 0 Å². The van der Waals surface area contributed by atoms with Gasteiger partial charge < -0.3 is 10.2 Å². The van der Waals surface area contributed by atoms with E-state index in [1.165, 1.54) is 40.8 Å². The zero-order chi connectivity index (χ0) is 23.8. The molecule has 33 heavy (non-hydrogen) atoms. The second-order valence-electron chi connectivity index (χ2n) is 8.06. The van der Waals surface area contributed by atoms with E-state index < -0.39 is 36.2 Å². The number of benzene rings is 1. The first kappa shape index (κ1) is 23.4. The fraction of sp³-hybridized carbons (Fsp3) is 0.364. The fourth-order valence-corrected chi connectivity index (χ4v) is 5.00. The SMILES string of the molecule is Cc1nc(C(=O)N2CC(F)(F)CC(C)C2CNc2ncc(Cl)cn2)c(-c2ccc(F)cc2)s1. The second kappa shape index (κ2) is 9.26. The Bertz CT molecular complexity index is 1140. The summed E-state index contributed by atoms with van der Waals surface area (Å²) >= 11 is 7.07. The van der Waals surface area contributed by atoms with Crippen molar-refractivity contribution in [2.24, 2.45) is 5.92 Å². The summed E-state index contributed by atoms with van der Waals surface area (Å²) in [6, 6.07) is 5.12. The first-order chi connectivity index (χ1) is 15.6. The van der Waals surface area contributed by atoms with Gasteiger partial charge in [0.25, 0.3) is 11.8 Å². The van der Waals surface area contributed by atoms with E-state index in [1.54, 1.807) is 26.0 Å². The molecule has 4 rings (SSSR count). The van der Waals surface area contributed by atoms with Crippen LogP contribution in [0.1, 0.15) is 28.8 Å². The third-order valence-electron chi connectivity index (χ3n) is 5.47. The van der Waals surface area contributed by atoms with Gasteiger partial charge in [0.05, 0.1) is 39.9 Å². The molecule has 1 aromatic carbocycles. The monoisotopic (exact) mass is 495 g/mol. The number of amides is 1. The molecule has 6 nitrogen and oxygen atoms in total. The highest BCUT2D eigenvalue weighted by molar-refractivity contribution is 7.15. The molecule has 3 aromatic rings. The number of anilines is 1. The molecular weight excluding hydrogens is 475 g/mol. The fourth-order valence-electron chi connectivity index (χ4n) is 3.98. The van der Waals surface area contributed by atoms with Crippen molar-refractivity contribution >= 4 is 34.8 Å². The van der Waals surface area contributed by atoms with Gasteiger partial charge in [0.2, 0.25) is 5.95 Å². The summed E-state index contributed by atoms with van der Waals surface area (Å²) in [5.74, 6) is -4.23. The molecule has 3 heterocycles. The lowest BCUT2D eigenvalue weighted by Gasteiger charge is -2.43. The third-order valence-corrected chi connectivity index (χ3v) is 6.69. The van der Waals surface area contributed by atoms with Crippen LogP contribution in [0, 0.1) is 18.7 Å². The molecule has 2 unspecified atom stereocenters. The van der Waals surface area contributed by atoms with E-state index >= 15 is 0 Å². The van der Waals surface area contributed by atoms with Gasteiger partial charge in [-0.1, -0.05) is 30.7 Å². The number of nitrogens with one attached hydrogen (secondary N) is 1. The molecule has 2 atom stereocenters. The summed E-state index contributed by atoms with van der Waals surface area (Å²) in [5, 5.41) is 3.99. The number of aromatic nitrogens is 3. The summed E-state index contributed by atoms with van der Waals surface area (Å²) in [6.45, 7) is 2.89. The van der Waals surface area contributed by atoms with E-state index in [0.29, 0.717) is 20.5 Å². The van der Waals surface area contributed by atoms with Crippen molar-refractivity contribution in [3.8, 4) is 10.4 Å². The average molecular weight is 496 g/mol. The summed E-state index contributed by atoms with van der Waals surface area (Å²) in [7, 11) is 0. The number of aryl methyl sites for hydroxylation is 1. The number of carbonyl (C=O) groups excluding carboxylic acids is 1. The Kier molecular flexibility index (Phi) is 6.58. The summed E-state index contributed by atoms with van der Waals surface area (Å²) in [6.07, 6.45) is 2.50. The van der Waals surface area contributed by atoms with Crippen LogP contribution in [-0.4, -0.2) is 50.8 Å². The quantitative estimate of drug-likeness (QED) is 0.520. The van der Waals surface area contributed by atoms with E-state index in [0.717, 1.165) is 0 Å². The number of thiazole rings is 1. The third kappa shape index (κ3) is 5.27. The number of rotatable bonds is 5. The molecule has 1 saturated heterocycles. The van der Waals surface area contributed by atoms with E-state index in [9.17, 15) is 18.0 Å². The molecule has 1 amide bonds. The van der Waals surface area contributed by atoms with Crippen molar-refractivity contribution in [2.75, 3.05) is 18.4 Å². The summed E-state index contributed by atoms with van der Waals surface area (Å²) < 4.78 is 42.4. The molecule has 0 spiro atoms. The highest BCUT2D eigenvalue weighted by atomic mass is 35.5. The maximum Gasteiger partial charge on any atom is 0.274 e. The molecule has 0 radical (unpaired) electrons. The average Bonchev–Trinajstić information content (AvgIpc) is 3.15. The van der Waals surface area contributed by atoms with Crippen LogP contribution in [0.4, 0.5) is 19.1 Å². The molecule has 0 aliphatic carbocycles. The Morgan fingerprint density at radius 1 is 1.27 bits per heavy atom. The molecule has 1 aliphatic rings. The van der Waals surface area contributed by atoms with Gasteiger partial charge in [-0.25, -0.2) is 28.1 Å². The number of piperidine rings is 1. The maximum atomic E-state index is 14.5. The number of alkyl halides is 2. The minimum Gasteiger partial charge on any atom is -0.352 e. The van der Waals surface area contributed by atoms with Gasteiger partial charge in [-0.05, 0) is 30.5 Å². The molecule has 0 bridgehead atoms. The van der Waals surface area contributed by atoms with Crippen molar-refractivity contribution in [3.05, 3.63) is 58.2 Å². The second-order valence-corrected chi connectivity index (χ2v) is 9.70.